The second-order valence-corrected chi connectivity index (χ2v) is 6.93. The second kappa shape index (κ2) is 7.49. The molecule has 1 aliphatic rings. The number of halogens is 1. The van der Waals surface area contributed by atoms with Crippen molar-refractivity contribution in [3.05, 3.63) is 41.2 Å². The van der Waals surface area contributed by atoms with Gasteiger partial charge in [0.2, 0.25) is 0 Å². The molecule has 0 spiro atoms. The normalized spacial score (nSPS) is 18.2. The fourth-order valence-electron chi connectivity index (χ4n) is 2.84. The Labute approximate surface area is 140 Å². The van der Waals surface area contributed by atoms with Crippen LogP contribution in [0.5, 0.6) is 0 Å². The molecule has 0 saturated carbocycles. The van der Waals surface area contributed by atoms with Crippen LogP contribution in [0.15, 0.2) is 29.6 Å². The summed E-state index contributed by atoms with van der Waals surface area (Å²) in [5.41, 5.74) is 2.03. The van der Waals surface area contributed by atoms with Gasteiger partial charge in [-0.3, -0.25) is 9.80 Å². The number of benzene rings is 1. The molecular weight excluding hydrogens is 313 g/mol. The summed E-state index contributed by atoms with van der Waals surface area (Å²) >= 11 is 1.60. The maximum atomic E-state index is 13.0. The van der Waals surface area contributed by atoms with Gasteiger partial charge in [0.25, 0.3) is 0 Å². The lowest BCUT2D eigenvalue weighted by Crippen LogP contribution is -2.47. The average Bonchev–Trinajstić information content (AvgIpc) is 2.98. The van der Waals surface area contributed by atoms with Crippen LogP contribution in [0.2, 0.25) is 0 Å². The Bertz CT molecular complexity index is 621. The third-order valence-corrected chi connectivity index (χ3v) is 4.96. The molecule has 1 N–H and O–H groups in total. The van der Waals surface area contributed by atoms with Gasteiger partial charge in [-0.15, -0.1) is 11.3 Å². The van der Waals surface area contributed by atoms with Gasteiger partial charge in [0.15, 0.2) is 0 Å². The van der Waals surface area contributed by atoms with E-state index >= 15 is 0 Å². The maximum Gasteiger partial charge on any atom is 0.123 e. The summed E-state index contributed by atoms with van der Waals surface area (Å²) < 4.78 is 13.0. The molecule has 3 rings (SSSR count). The summed E-state index contributed by atoms with van der Waals surface area (Å²) in [4.78, 5) is 9.36. The third kappa shape index (κ3) is 4.57. The molecule has 6 heteroatoms. The van der Waals surface area contributed by atoms with Crippen LogP contribution in [0.25, 0.3) is 10.6 Å². The van der Waals surface area contributed by atoms with E-state index in [1.54, 1.807) is 23.5 Å². The van der Waals surface area contributed by atoms with E-state index in [4.69, 9.17) is 0 Å². The summed E-state index contributed by atoms with van der Waals surface area (Å²) in [6.45, 7) is 7.39. The lowest BCUT2D eigenvalue weighted by molar-refractivity contribution is 0.0777. The van der Waals surface area contributed by atoms with E-state index in [0.29, 0.717) is 0 Å². The first kappa shape index (κ1) is 16.5. The lowest BCUT2D eigenvalue weighted by Gasteiger charge is -2.34. The number of aliphatic hydroxyl groups is 1. The van der Waals surface area contributed by atoms with Crippen LogP contribution in [-0.2, 0) is 6.54 Å². The van der Waals surface area contributed by atoms with Gasteiger partial charge in [0.1, 0.15) is 10.8 Å². The Morgan fingerprint density at radius 3 is 2.48 bits per heavy atom. The van der Waals surface area contributed by atoms with Crippen molar-refractivity contribution in [3.8, 4) is 10.6 Å². The highest BCUT2D eigenvalue weighted by molar-refractivity contribution is 7.13. The zero-order chi connectivity index (χ0) is 16.2. The first-order chi connectivity index (χ1) is 11.1. The highest BCUT2D eigenvalue weighted by Gasteiger charge is 2.18. The summed E-state index contributed by atoms with van der Waals surface area (Å²) in [5, 5.41) is 12.5. The van der Waals surface area contributed by atoms with Crippen LogP contribution >= 0.6 is 11.3 Å². The number of β-amino-alcohol motifs (C(OH)–C–C–N with tert-alkyl or cyclic N) is 1. The number of hydrogen-bond donors (Lipinski definition) is 1. The highest BCUT2D eigenvalue weighted by Crippen LogP contribution is 2.24. The molecule has 0 bridgehead atoms. The summed E-state index contributed by atoms with van der Waals surface area (Å²) in [6.07, 6.45) is -0.265. The molecule has 1 saturated heterocycles. The minimum absolute atomic E-state index is 0.222. The molecule has 0 radical (unpaired) electrons. The van der Waals surface area contributed by atoms with E-state index < -0.39 is 0 Å². The van der Waals surface area contributed by atoms with Crippen LogP contribution in [-0.4, -0.2) is 58.7 Å². The van der Waals surface area contributed by atoms with Crippen molar-refractivity contribution >= 4 is 11.3 Å². The lowest BCUT2D eigenvalue weighted by atomic mass is 10.2. The monoisotopic (exact) mass is 335 g/mol. The molecule has 0 aliphatic carbocycles. The quantitative estimate of drug-likeness (QED) is 0.911. The van der Waals surface area contributed by atoms with Crippen molar-refractivity contribution < 1.29 is 9.50 Å². The van der Waals surface area contributed by atoms with E-state index in [1.807, 2.05) is 6.92 Å². The molecule has 1 unspecified atom stereocenters. The number of aromatic nitrogens is 1. The molecule has 1 aromatic carbocycles. The van der Waals surface area contributed by atoms with Crippen molar-refractivity contribution in [3.63, 3.8) is 0 Å². The van der Waals surface area contributed by atoms with Crippen LogP contribution in [0.1, 0.15) is 12.6 Å². The van der Waals surface area contributed by atoms with Gasteiger partial charge in [0.05, 0.1) is 11.8 Å². The van der Waals surface area contributed by atoms with Gasteiger partial charge in [-0.2, -0.15) is 0 Å². The number of aliphatic hydroxyl groups excluding tert-OH is 1. The predicted octanol–water partition coefficient (Wildman–Crippen LogP) is 2.45. The zero-order valence-corrected chi connectivity index (χ0v) is 14.1. The van der Waals surface area contributed by atoms with Gasteiger partial charge < -0.3 is 5.11 Å². The molecule has 1 atom stereocenters. The zero-order valence-electron chi connectivity index (χ0n) is 13.3. The summed E-state index contributed by atoms with van der Waals surface area (Å²) in [6, 6.07) is 6.48. The summed E-state index contributed by atoms with van der Waals surface area (Å²) in [7, 11) is 0. The van der Waals surface area contributed by atoms with Gasteiger partial charge >= 0.3 is 0 Å². The standard InChI is InChI=1S/C17H22FN3OS/c1-13(22)10-20-6-8-21(9-7-20)11-16-12-23-17(19-16)14-2-4-15(18)5-3-14/h2-5,12-13,22H,6-11H2,1H3. The van der Waals surface area contributed by atoms with E-state index in [1.165, 1.54) is 12.1 Å². The number of thiazole rings is 1. The number of nitrogens with zero attached hydrogens (tertiary/aromatic N) is 3. The molecule has 2 heterocycles. The molecule has 1 aromatic heterocycles. The maximum absolute atomic E-state index is 13.0. The number of hydrogen-bond acceptors (Lipinski definition) is 5. The predicted molar refractivity (Wildman–Crippen MR) is 90.9 cm³/mol. The minimum Gasteiger partial charge on any atom is -0.392 e. The molecule has 124 valence electrons. The van der Waals surface area contributed by atoms with Crippen LogP contribution in [0, 0.1) is 5.82 Å². The molecule has 2 aromatic rings. The van der Waals surface area contributed by atoms with E-state index in [2.05, 4.69) is 20.2 Å². The van der Waals surface area contributed by atoms with Crippen molar-refractivity contribution in [1.29, 1.82) is 0 Å². The first-order valence-corrected chi connectivity index (χ1v) is 8.81. The molecule has 1 fully saturated rings. The fraction of sp³-hybridized carbons (Fsp3) is 0.471. The Morgan fingerprint density at radius 1 is 1.17 bits per heavy atom. The molecule has 1 aliphatic heterocycles. The topological polar surface area (TPSA) is 39.6 Å². The van der Waals surface area contributed by atoms with E-state index in [9.17, 15) is 9.50 Å². The van der Waals surface area contributed by atoms with Crippen molar-refractivity contribution in [2.75, 3.05) is 32.7 Å². The molecule has 0 amide bonds. The van der Waals surface area contributed by atoms with Crippen LogP contribution in [0.3, 0.4) is 0 Å². The van der Waals surface area contributed by atoms with Gasteiger partial charge in [-0.25, -0.2) is 9.37 Å². The SMILES string of the molecule is CC(O)CN1CCN(Cc2csc(-c3ccc(F)cc3)n2)CC1. The van der Waals surface area contributed by atoms with E-state index in [0.717, 1.165) is 55.5 Å². The largest absolute Gasteiger partial charge is 0.392 e. The van der Waals surface area contributed by atoms with Crippen molar-refractivity contribution in [2.45, 2.75) is 19.6 Å². The van der Waals surface area contributed by atoms with Gasteiger partial charge in [-0.1, -0.05) is 0 Å². The Hall–Kier alpha value is -1.34. The van der Waals surface area contributed by atoms with Crippen LogP contribution in [0.4, 0.5) is 4.39 Å². The summed E-state index contributed by atoms with van der Waals surface area (Å²) in [5.74, 6) is -0.222. The highest BCUT2D eigenvalue weighted by atomic mass is 32.1. The second-order valence-electron chi connectivity index (χ2n) is 6.08. The Balaban J connectivity index is 1.55. The van der Waals surface area contributed by atoms with Crippen molar-refractivity contribution in [1.82, 2.24) is 14.8 Å². The fourth-order valence-corrected chi connectivity index (χ4v) is 3.65. The van der Waals surface area contributed by atoms with Crippen LogP contribution < -0.4 is 0 Å². The minimum atomic E-state index is -0.265. The Kier molecular flexibility index (Phi) is 5.38. The number of piperazine rings is 1. The third-order valence-electron chi connectivity index (χ3n) is 4.02. The van der Waals surface area contributed by atoms with Crippen molar-refractivity contribution in [2.24, 2.45) is 0 Å². The Morgan fingerprint density at radius 2 is 1.83 bits per heavy atom. The number of rotatable bonds is 5. The van der Waals surface area contributed by atoms with Gasteiger partial charge in [0, 0.05) is 50.2 Å². The van der Waals surface area contributed by atoms with Gasteiger partial charge in [-0.05, 0) is 31.2 Å². The molecule has 23 heavy (non-hydrogen) atoms. The first-order valence-electron chi connectivity index (χ1n) is 7.93. The molecule has 4 nitrogen and oxygen atoms in total. The average molecular weight is 335 g/mol. The smallest absolute Gasteiger partial charge is 0.123 e. The molecular formula is C17H22FN3OS. The van der Waals surface area contributed by atoms with E-state index in [-0.39, 0.29) is 11.9 Å².